The van der Waals surface area contributed by atoms with Crippen LogP contribution < -0.4 is 25.4 Å². The number of fused-ring (bicyclic) bond motifs is 1. The Labute approximate surface area is 189 Å². The molecule has 0 saturated carbocycles. The fourth-order valence-electron chi connectivity index (χ4n) is 3.49. The molecule has 0 fully saturated rings. The largest absolute Gasteiger partial charge is 0.454 e. The summed E-state index contributed by atoms with van der Waals surface area (Å²) < 4.78 is 29.3. The fraction of sp³-hybridized carbons (Fsp3) is 0.304. The van der Waals surface area contributed by atoms with E-state index < -0.39 is 24.3 Å². The Morgan fingerprint density at radius 1 is 1.06 bits per heavy atom. The van der Waals surface area contributed by atoms with E-state index in [-0.39, 0.29) is 38.1 Å². The average molecular weight is 457 g/mol. The smallest absolute Gasteiger partial charge is 0.319 e. The van der Waals surface area contributed by atoms with Gasteiger partial charge in [-0.25, -0.2) is 9.18 Å². The molecule has 9 nitrogen and oxygen atoms in total. The van der Waals surface area contributed by atoms with E-state index in [1.54, 1.807) is 42.5 Å². The third-order valence-corrected chi connectivity index (χ3v) is 5.18. The number of aliphatic hydroxyl groups is 1. The minimum Gasteiger partial charge on any atom is -0.454 e. The molecule has 174 valence electrons. The standard InChI is InChI=1S/C23H24FN3O6/c24-15-3-1-14(2-4-15)11-25-22(29)10-17-6-7-18(21(12-28)33-17)27-23(30)26-16-5-8-19-20(9-16)32-13-31-19/h1-9,17-18,21,28H,10-13H2,(H,25,29)(H2,26,27,30)/t17-,18-,21-/m0/s1. The number of ether oxygens (including phenoxy) is 3. The SMILES string of the molecule is O=C(C[C@@H]1C=C[C@H](NC(=O)Nc2ccc3c(c2)OCO3)[C@H](CO)O1)NCc1ccc(F)cc1. The number of carbonyl (C=O) groups is 2. The number of anilines is 1. The van der Waals surface area contributed by atoms with Crippen LogP contribution in [0.3, 0.4) is 0 Å². The molecule has 2 aliphatic heterocycles. The molecule has 2 aromatic rings. The van der Waals surface area contributed by atoms with Crippen LogP contribution in [-0.2, 0) is 16.1 Å². The highest BCUT2D eigenvalue weighted by Crippen LogP contribution is 2.34. The normalized spacial score (nSPS) is 20.8. The van der Waals surface area contributed by atoms with E-state index in [1.165, 1.54) is 12.1 Å². The molecule has 2 heterocycles. The van der Waals surface area contributed by atoms with Crippen molar-refractivity contribution in [3.8, 4) is 11.5 Å². The van der Waals surface area contributed by atoms with Gasteiger partial charge < -0.3 is 35.3 Å². The number of halogens is 1. The quantitative estimate of drug-likeness (QED) is 0.473. The van der Waals surface area contributed by atoms with Gasteiger partial charge in [0.05, 0.1) is 25.2 Å². The van der Waals surface area contributed by atoms with Gasteiger partial charge in [0.1, 0.15) is 11.9 Å². The second-order valence-corrected chi connectivity index (χ2v) is 7.58. The Balaban J connectivity index is 1.26. The predicted molar refractivity (Wildman–Crippen MR) is 116 cm³/mol. The number of nitrogens with one attached hydrogen (secondary N) is 3. The molecule has 0 radical (unpaired) electrons. The van der Waals surface area contributed by atoms with E-state index in [9.17, 15) is 19.1 Å². The monoisotopic (exact) mass is 457 g/mol. The van der Waals surface area contributed by atoms with Crippen LogP contribution in [0.2, 0.25) is 0 Å². The van der Waals surface area contributed by atoms with Gasteiger partial charge in [0.2, 0.25) is 12.7 Å². The molecule has 0 spiro atoms. The van der Waals surface area contributed by atoms with Gasteiger partial charge in [0, 0.05) is 18.3 Å². The number of hydrogen-bond donors (Lipinski definition) is 4. The zero-order valence-electron chi connectivity index (χ0n) is 17.6. The van der Waals surface area contributed by atoms with Crippen LogP contribution in [0.5, 0.6) is 11.5 Å². The molecule has 0 bridgehead atoms. The fourth-order valence-corrected chi connectivity index (χ4v) is 3.49. The molecule has 2 aromatic carbocycles. The number of rotatable bonds is 7. The van der Waals surface area contributed by atoms with Crippen molar-refractivity contribution in [3.63, 3.8) is 0 Å². The zero-order chi connectivity index (χ0) is 23.2. The van der Waals surface area contributed by atoms with Crippen molar-refractivity contribution in [2.45, 2.75) is 31.2 Å². The molecular weight excluding hydrogens is 433 g/mol. The summed E-state index contributed by atoms with van der Waals surface area (Å²) in [5.74, 6) is 0.561. The van der Waals surface area contributed by atoms with Gasteiger partial charge >= 0.3 is 6.03 Å². The summed E-state index contributed by atoms with van der Waals surface area (Å²) in [7, 11) is 0. The van der Waals surface area contributed by atoms with E-state index in [0.717, 1.165) is 5.56 Å². The number of carbonyl (C=O) groups excluding carboxylic acids is 2. The molecule has 4 N–H and O–H groups in total. The summed E-state index contributed by atoms with van der Waals surface area (Å²) in [6.45, 7) is 0.0645. The summed E-state index contributed by atoms with van der Waals surface area (Å²) in [5.41, 5.74) is 1.30. The molecule has 0 aliphatic carbocycles. The number of benzene rings is 2. The third-order valence-electron chi connectivity index (χ3n) is 5.18. The summed E-state index contributed by atoms with van der Waals surface area (Å²) in [5, 5.41) is 17.9. The van der Waals surface area contributed by atoms with Crippen molar-refractivity contribution in [3.05, 3.63) is 66.0 Å². The molecule has 0 saturated heterocycles. The Morgan fingerprint density at radius 3 is 2.64 bits per heavy atom. The average Bonchev–Trinajstić information content (AvgIpc) is 3.27. The highest BCUT2D eigenvalue weighted by Gasteiger charge is 2.29. The molecule has 3 amide bonds. The molecule has 0 aromatic heterocycles. The van der Waals surface area contributed by atoms with Gasteiger partial charge in [-0.2, -0.15) is 0 Å². The first-order valence-electron chi connectivity index (χ1n) is 10.4. The van der Waals surface area contributed by atoms with Crippen LogP contribution in [0.1, 0.15) is 12.0 Å². The first-order chi connectivity index (χ1) is 16.0. The minimum absolute atomic E-state index is 0.0459. The van der Waals surface area contributed by atoms with E-state index in [0.29, 0.717) is 17.2 Å². The lowest BCUT2D eigenvalue weighted by Gasteiger charge is -2.31. The van der Waals surface area contributed by atoms with Gasteiger partial charge in [-0.15, -0.1) is 0 Å². The van der Waals surface area contributed by atoms with Crippen LogP contribution in [0.15, 0.2) is 54.6 Å². The van der Waals surface area contributed by atoms with Gasteiger partial charge in [0.25, 0.3) is 0 Å². The van der Waals surface area contributed by atoms with Gasteiger partial charge in [-0.05, 0) is 29.8 Å². The third kappa shape index (κ3) is 5.99. The van der Waals surface area contributed by atoms with Gasteiger partial charge in [-0.1, -0.05) is 24.3 Å². The second-order valence-electron chi connectivity index (χ2n) is 7.58. The first kappa shape index (κ1) is 22.6. The second kappa shape index (κ2) is 10.3. The van der Waals surface area contributed by atoms with Crippen molar-refractivity contribution < 1.29 is 33.3 Å². The maximum absolute atomic E-state index is 13.0. The summed E-state index contributed by atoms with van der Waals surface area (Å²) in [6.07, 6.45) is 2.15. The first-order valence-corrected chi connectivity index (χ1v) is 10.4. The minimum atomic E-state index is -0.715. The summed E-state index contributed by atoms with van der Waals surface area (Å²) >= 11 is 0. The zero-order valence-corrected chi connectivity index (χ0v) is 17.6. The van der Waals surface area contributed by atoms with Crippen LogP contribution in [0.25, 0.3) is 0 Å². The van der Waals surface area contributed by atoms with Crippen LogP contribution in [-0.4, -0.2) is 48.7 Å². The van der Waals surface area contributed by atoms with E-state index in [4.69, 9.17) is 14.2 Å². The highest BCUT2D eigenvalue weighted by molar-refractivity contribution is 5.90. The van der Waals surface area contributed by atoms with E-state index in [1.807, 2.05) is 0 Å². The number of amides is 3. The predicted octanol–water partition coefficient (Wildman–Crippen LogP) is 2.07. The van der Waals surface area contributed by atoms with Crippen LogP contribution in [0.4, 0.5) is 14.9 Å². The molecule has 3 atom stereocenters. The Kier molecular flexibility index (Phi) is 7.06. The van der Waals surface area contributed by atoms with Crippen molar-refractivity contribution in [2.24, 2.45) is 0 Å². The molecule has 4 rings (SSSR count). The van der Waals surface area contributed by atoms with Crippen LogP contribution >= 0.6 is 0 Å². The number of aliphatic hydroxyl groups excluding tert-OH is 1. The van der Waals surface area contributed by atoms with E-state index >= 15 is 0 Å². The Morgan fingerprint density at radius 2 is 1.85 bits per heavy atom. The lowest BCUT2D eigenvalue weighted by atomic mass is 10.0. The van der Waals surface area contributed by atoms with Crippen molar-refractivity contribution in [1.29, 1.82) is 0 Å². The maximum Gasteiger partial charge on any atom is 0.319 e. The van der Waals surface area contributed by atoms with E-state index in [2.05, 4.69) is 16.0 Å². The molecule has 33 heavy (non-hydrogen) atoms. The maximum atomic E-state index is 13.0. The Hall–Kier alpha value is -3.63. The summed E-state index contributed by atoms with van der Waals surface area (Å²) in [4.78, 5) is 24.6. The Bertz CT molecular complexity index is 1030. The topological polar surface area (TPSA) is 118 Å². The van der Waals surface area contributed by atoms with Crippen molar-refractivity contribution >= 4 is 17.6 Å². The lowest BCUT2D eigenvalue weighted by molar-refractivity contribution is -0.125. The molecule has 2 aliphatic rings. The summed E-state index contributed by atoms with van der Waals surface area (Å²) in [6, 6.07) is 9.82. The number of hydrogen-bond acceptors (Lipinski definition) is 6. The van der Waals surface area contributed by atoms with Crippen molar-refractivity contribution in [2.75, 3.05) is 18.7 Å². The highest BCUT2D eigenvalue weighted by atomic mass is 19.1. The molecular formula is C23H24FN3O6. The van der Waals surface area contributed by atoms with Gasteiger partial charge in [0.15, 0.2) is 11.5 Å². The molecule has 10 heteroatoms. The van der Waals surface area contributed by atoms with Crippen LogP contribution in [0, 0.1) is 5.82 Å². The van der Waals surface area contributed by atoms with Crippen molar-refractivity contribution in [1.82, 2.24) is 10.6 Å². The molecule has 0 unspecified atom stereocenters. The number of urea groups is 1. The van der Waals surface area contributed by atoms with Gasteiger partial charge in [-0.3, -0.25) is 4.79 Å². The lowest BCUT2D eigenvalue weighted by Crippen LogP contribution is -2.50.